The highest BCUT2D eigenvalue weighted by Crippen LogP contribution is 2.21. The number of phenolic OH excluding ortho intramolecular Hbond substituents is 1. The molecule has 1 atom stereocenters. The molecule has 2 rings (SSSR count). The fourth-order valence-corrected chi connectivity index (χ4v) is 1.77. The van der Waals surface area contributed by atoms with Crippen LogP contribution >= 0.6 is 0 Å². The molecule has 1 amide bonds. The summed E-state index contributed by atoms with van der Waals surface area (Å²) in [5.74, 6) is 0.337. The van der Waals surface area contributed by atoms with Gasteiger partial charge in [-0.15, -0.1) is 0 Å². The molecule has 18 heavy (non-hydrogen) atoms. The predicted molar refractivity (Wildman–Crippen MR) is 70.3 cm³/mol. The fraction of sp³-hybridized carbons (Fsp3) is 0.500. The summed E-state index contributed by atoms with van der Waals surface area (Å²) >= 11 is 0. The Bertz CT molecular complexity index is 441. The number of nitrogens with one attached hydrogen (secondary N) is 2. The van der Waals surface area contributed by atoms with Crippen molar-refractivity contribution in [2.75, 3.05) is 0 Å². The van der Waals surface area contributed by atoms with Crippen molar-refractivity contribution in [1.82, 2.24) is 10.6 Å². The first kappa shape index (κ1) is 12.9. The Morgan fingerprint density at radius 2 is 2.22 bits per heavy atom. The number of carbonyl (C=O) groups excluding carboxylic acids is 1. The van der Waals surface area contributed by atoms with E-state index >= 15 is 0 Å². The topological polar surface area (TPSA) is 61.4 Å². The molecule has 0 radical (unpaired) electrons. The van der Waals surface area contributed by atoms with Gasteiger partial charge in [0.05, 0.1) is 6.04 Å². The molecule has 0 saturated heterocycles. The summed E-state index contributed by atoms with van der Waals surface area (Å²) in [7, 11) is 0. The normalized spacial score (nSPS) is 16.3. The van der Waals surface area contributed by atoms with Gasteiger partial charge < -0.3 is 15.7 Å². The molecule has 0 aromatic heterocycles. The molecule has 1 unspecified atom stereocenters. The van der Waals surface area contributed by atoms with Crippen LogP contribution in [0, 0.1) is 6.92 Å². The number of aromatic hydroxyl groups is 1. The Morgan fingerprint density at radius 3 is 2.89 bits per heavy atom. The lowest BCUT2D eigenvalue weighted by Crippen LogP contribution is -2.42. The minimum atomic E-state index is -0.245. The highest BCUT2D eigenvalue weighted by molar-refractivity contribution is 5.81. The Hall–Kier alpha value is -1.55. The first-order valence-corrected chi connectivity index (χ1v) is 6.39. The van der Waals surface area contributed by atoms with Crippen LogP contribution < -0.4 is 10.6 Å². The van der Waals surface area contributed by atoms with Crippen LogP contribution in [-0.2, 0) is 11.3 Å². The van der Waals surface area contributed by atoms with Gasteiger partial charge in [0.1, 0.15) is 5.75 Å². The van der Waals surface area contributed by atoms with E-state index in [1.54, 1.807) is 0 Å². The summed E-state index contributed by atoms with van der Waals surface area (Å²) < 4.78 is 0. The summed E-state index contributed by atoms with van der Waals surface area (Å²) in [6.45, 7) is 4.19. The van der Waals surface area contributed by atoms with Crippen molar-refractivity contribution in [1.29, 1.82) is 0 Å². The van der Waals surface area contributed by atoms with Crippen molar-refractivity contribution in [2.24, 2.45) is 0 Å². The van der Waals surface area contributed by atoms with Crippen molar-refractivity contribution >= 4 is 5.91 Å². The zero-order chi connectivity index (χ0) is 13.1. The van der Waals surface area contributed by atoms with Crippen LogP contribution in [0.5, 0.6) is 5.75 Å². The van der Waals surface area contributed by atoms with E-state index in [0.29, 0.717) is 18.3 Å². The molecule has 1 fully saturated rings. The summed E-state index contributed by atoms with van der Waals surface area (Å²) in [4.78, 5) is 11.7. The van der Waals surface area contributed by atoms with E-state index in [-0.39, 0.29) is 11.9 Å². The average Bonchev–Trinajstić information content (AvgIpc) is 3.14. The Labute approximate surface area is 107 Å². The van der Waals surface area contributed by atoms with Crippen LogP contribution in [0.3, 0.4) is 0 Å². The number of phenols is 1. The first-order chi connectivity index (χ1) is 8.58. The maximum Gasteiger partial charge on any atom is 0.237 e. The molecule has 1 aliphatic carbocycles. The van der Waals surface area contributed by atoms with E-state index in [9.17, 15) is 9.90 Å². The van der Waals surface area contributed by atoms with Crippen LogP contribution in [0.2, 0.25) is 0 Å². The van der Waals surface area contributed by atoms with Crippen molar-refractivity contribution in [3.63, 3.8) is 0 Å². The van der Waals surface area contributed by atoms with Crippen LogP contribution in [0.15, 0.2) is 18.2 Å². The van der Waals surface area contributed by atoms with Crippen molar-refractivity contribution in [3.8, 4) is 5.75 Å². The molecule has 4 heteroatoms. The predicted octanol–water partition coefficient (Wildman–Crippen LogP) is 1.46. The number of rotatable bonds is 5. The lowest BCUT2D eigenvalue weighted by Gasteiger charge is -2.14. The Kier molecular flexibility index (Phi) is 3.87. The highest BCUT2D eigenvalue weighted by Gasteiger charge is 2.25. The zero-order valence-corrected chi connectivity index (χ0v) is 10.9. The van der Waals surface area contributed by atoms with Gasteiger partial charge in [-0.3, -0.25) is 4.79 Å². The minimum absolute atomic E-state index is 0.0321. The van der Waals surface area contributed by atoms with Gasteiger partial charge in [-0.25, -0.2) is 0 Å². The molecule has 4 nitrogen and oxygen atoms in total. The SMILES string of the molecule is Cc1cccc(CNC(C)C(=O)NC2CC2)c1O. The number of para-hydroxylation sites is 1. The molecule has 3 N–H and O–H groups in total. The number of hydrogen-bond acceptors (Lipinski definition) is 3. The van der Waals surface area contributed by atoms with Gasteiger partial charge in [0.2, 0.25) is 5.91 Å². The van der Waals surface area contributed by atoms with Gasteiger partial charge in [-0.1, -0.05) is 18.2 Å². The largest absolute Gasteiger partial charge is 0.507 e. The number of amides is 1. The molecule has 1 saturated carbocycles. The second-order valence-corrected chi connectivity index (χ2v) is 4.97. The standard InChI is InChI=1S/C14H20N2O2/c1-9-4-3-5-11(13(9)17)8-15-10(2)14(18)16-12-6-7-12/h3-5,10,12,15,17H,6-8H2,1-2H3,(H,16,18). The quantitative estimate of drug-likeness (QED) is 0.739. The van der Waals surface area contributed by atoms with Crippen LogP contribution in [0.1, 0.15) is 30.9 Å². The maximum atomic E-state index is 11.7. The number of hydrogen-bond donors (Lipinski definition) is 3. The van der Waals surface area contributed by atoms with Crippen LogP contribution in [0.4, 0.5) is 0 Å². The van der Waals surface area contributed by atoms with Gasteiger partial charge >= 0.3 is 0 Å². The lowest BCUT2D eigenvalue weighted by molar-refractivity contribution is -0.122. The summed E-state index contributed by atoms with van der Waals surface area (Å²) in [6.07, 6.45) is 2.19. The maximum absolute atomic E-state index is 11.7. The van der Waals surface area contributed by atoms with Crippen LogP contribution in [0.25, 0.3) is 0 Å². The second-order valence-electron chi connectivity index (χ2n) is 4.97. The fourth-order valence-electron chi connectivity index (χ4n) is 1.77. The van der Waals surface area contributed by atoms with E-state index < -0.39 is 0 Å². The summed E-state index contributed by atoms with van der Waals surface area (Å²) in [6, 6.07) is 5.77. The molecule has 1 aliphatic rings. The summed E-state index contributed by atoms with van der Waals surface area (Å²) in [5, 5.41) is 15.9. The number of carbonyl (C=O) groups is 1. The molecule has 0 aliphatic heterocycles. The van der Waals surface area contributed by atoms with Gasteiger partial charge in [0.15, 0.2) is 0 Å². The molecule has 1 aromatic carbocycles. The van der Waals surface area contributed by atoms with Gasteiger partial charge in [-0.05, 0) is 32.3 Å². The van der Waals surface area contributed by atoms with E-state index in [1.807, 2.05) is 32.0 Å². The third-order valence-electron chi connectivity index (χ3n) is 3.24. The van der Waals surface area contributed by atoms with Crippen molar-refractivity contribution in [2.45, 2.75) is 45.3 Å². The monoisotopic (exact) mass is 248 g/mol. The van der Waals surface area contributed by atoms with E-state index in [0.717, 1.165) is 24.0 Å². The third kappa shape index (κ3) is 3.23. The number of aryl methyl sites for hydroxylation is 1. The molecule has 98 valence electrons. The van der Waals surface area contributed by atoms with E-state index in [2.05, 4.69) is 10.6 Å². The highest BCUT2D eigenvalue weighted by atomic mass is 16.3. The first-order valence-electron chi connectivity index (χ1n) is 6.39. The number of benzene rings is 1. The molecular formula is C14H20N2O2. The Morgan fingerprint density at radius 1 is 1.50 bits per heavy atom. The van der Waals surface area contributed by atoms with Crippen molar-refractivity contribution < 1.29 is 9.90 Å². The zero-order valence-electron chi connectivity index (χ0n) is 10.9. The van der Waals surface area contributed by atoms with E-state index in [1.165, 1.54) is 0 Å². The van der Waals surface area contributed by atoms with Gasteiger partial charge in [0.25, 0.3) is 0 Å². The Balaban J connectivity index is 1.86. The molecule has 0 heterocycles. The molecule has 1 aromatic rings. The van der Waals surface area contributed by atoms with Gasteiger partial charge in [-0.2, -0.15) is 0 Å². The molecular weight excluding hydrogens is 228 g/mol. The van der Waals surface area contributed by atoms with Gasteiger partial charge in [0, 0.05) is 18.2 Å². The van der Waals surface area contributed by atoms with Crippen molar-refractivity contribution in [3.05, 3.63) is 29.3 Å². The summed E-state index contributed by atoms with van der Waals surface area (Å²) in [5.41, 5.74) is 1.67. The average molecular weight is 248 g/mol. The van der Waals surface area contributed by atoms with Crippen LogP contribution in [-0.4, -0.2) is 23.1 Å². The lowest BCUT2D eigenvalue weighted by atomic mass is 10.1. The second kappa shape index (κ2) is 5.40. The minimum Gasteiger partial charge on any atom is -0.507 e. The molecule has 0 spiro atoms. The smallest absolute Gasteiger partial charge is 0.237 e. The third-order valence-corrected chi connectivity index (χ3v) is 3.24. The van der Waals surface area contributed by atoms with E-state index in [4.69, 9.17) is 0 Å². The molecule has 0 bridgehead atoms.